The Balaban J connectivity index is 0.00000312. The van der Waals surface area contributed by atoms with Crippen molar-refractivity contribution in [1.29, 1.82) is 0 Å². The molecular formula is C36H34ClN7. The number of fused-ring (bicyclic) bond motifs is 10. The molecule has 8 rings (SSSR count). The van der Waals surface area contributed by atoms with E-state index in [-0.39, 0.29) is 12.4 Å². The number of anilines is 2. The molecule has 4 aromatic heterocycles. The zero-order chi connectivity index (χ0) is 28.6. The smallest absolute Gasteiger partial charge is 0.136 e. The summed E-state index contributed by atoms with van der Waals surface area (Å²) < 4.78 is 0. The average molecular weight is 600 g/mol. The number of rotatable bonds is 10. The lowest BCUT2D eigenvalue weighted by molar-refractivity contribution is 0.642. The molecule has 220 valence electrons. The SMILES string of the molecule is Cl.c1ccc2c(c1)nc(NCCCNCCCNc1nc3ccccc3c3[nH]c4ccccc4c13)c1c3ccccc3[nH]c21. The van der Waals surface area contributed by atoms with E-state index in [1.807, 2.05) is 12.1 Å². The fraction of sp³-hybridized carbons (Fsp3) is 0.167. The quantitative estimate of drug-likeness (QED) is 0.102. The number of pyridine rings is 2. The van der Waals surface area contributed by atoms with Crippen LogP contribution in [0.2, 0.25) is 0 Å². The number of nitrogens with zero attached hydrogens (tertiary/aromatic N) is 2. The molecule has 8 heteroatoms. The predicted molar refractivity (Wildman–Crippen MR) is 189 cm³/mol. The van der Waals surface area contributed by atoms with Gasteiger partial charge in [-0.15, -0.1) is 12.4 Å². The number of hydrogen-bond acceptors (Lipinski definition) is 5. The van der Waals surface area contributed by atoms with Crippen molar-refractivity contribution in [2.45, 2.75) is 12.8 Å². The summed E-state index contributed by atoms with van der Waals surface area (Å²) in [5.74, 6) is 1.89. The Hall–Kier alpha value is -4.85. The summed E-state index contributed by atoms with van der Waals surface area (Å²) in [6.45, 7) is 3.59. The molecule has 0 fully saturated rings. The van der Waals surface area contributed by atoms with E-state index in [0.717, 1.165) is 94.5 Å². The summed E-state index contributed by atoms with van der Waals surface area (Å²) >= 11 is 0. The number of aromatic amines is 2. The number of nitrogens with one attached hydrogen (secondary N) is 5. The molecule has 4 aromatic carbocycles. The van der Waals surface area contributed by atoms with Gasteiger partial charge in [-0.3, -0.25) is 0 Å². The number of aromatic nitrogens is 4. The third kappa shape index (κ3) is 4.94. The number of para-hydroxylation sites is 4. The first-order valence-electron chi connectivity index (χ1n) is 15.1. The molecule has 0 radical (unpaired) electrons. The largest absolute Gasteiger partial charge is 0.369 e. The second-order valence-corrected chi connectivity index (χ2v) is 11.1. The lowest BCUT2D eigenvalue weighted by atomic mass is 10.1. The highest BCUT2D eigenvalue weighted by atomic mass is 35.5. The minimum absolute atomic E-state index is 0. The molecule has 0 bridgehead atoms. The third-order valence-corrected chi connectivity index (χ3v) is 8.34. The van der Waals surface area contributed by atoms with Gasteiger partial charge in [0.25, 0.3) is 0 Å². The van der Waals surface area contributed by atoms with Crippen LogP contribution in [-0.4, -0.2) is 46.1 Å². The van der Waals surface area contributed by atoms with E-state index in [1.165, 1.54) is 21.5 Å². The lowest BCUT2D eigenvalue weighted by Crippen LogP contribution is -2.21. The van der Waals surface area contributed by atoms with E-state index in [0.29, 0.717) is 0 Å². The summed E-state index contributed by atoms with van der Waals surface area (Å²) in [5, 5.41) is 17.9. The first-order valence-corrected chi connectivity index (χ1v) is 15.1. The molecule has 0 aliphatic carbocycles. The number of benzene rings is 4. The fourth-order valence-corrected chi connectivity index (χ4v) is 6.32. The molecule has 44 heavy (non-hydrogen) atoms. The van der Waals surface area contributed by atoms with Gasteiger partial charge in [0.15, 0.2) is 0 Å². The van der Waals surface area contributed by atoms with Crippen LogP contribution in [0.15, 0.2) is 97.1 Å². The first-order chi connectivity index (χ1) is 21.3. The van der Waals surface area contributed by atoms with Gasteiger partial charge in [-0.05, 0) is 50.2 Å². The Bertz CT molecular complexity index is 2090. The summed E-state index contributed by atoms with van der Waals surface area (Å²) in [7, 11) is 0. The van der Waals surface area contributed by atoms with E-state index in [2.05, 4.69) is 111 Å². The summed E-state index contributed by atoms with van der Waals surface area (Å²) in [6.07, 6.45) is 2.02. The van der Waals surface area contributed by atoms with Gasteiger partial charge in [-0.1, -0.05) is 72.8 Å². The lowest BCUT2D eigenvalue weighted by Gasteiger charge is -2.11. The molecular weight excluding hydrogens is 566 g/mol. The van der Waals surface area contributed by atoms with Gasteiger partial charge in [0.05, 0.1) is 32.8 Å². The minimum atomic E-state index is 0. The van der Waals surface area contributed by atoms with Crippen molar-refractivity contribution >= 4 is 89.5 Å². The fourth-order valence-electron chi connectivity index (χ4n) is 6.32. The summed E-state index contributed by atoms with van der Waals surface area (Å²) in [6, 6.07) is 33.6. The molecule has 0 saturated heterocycles. The molecule has 4 heterocycles. The van der Waals surface area contributed by atoms with Crippen LogP contribution in [0.4, 0.5) is 11.6 Å². The van der Waals surface area contributed by atoms with Crippen LogP contribution in [0.3, 0.4) is 0 Å². The Morgan fingerprint density at radius 2 is 0.886 bits per heavy atom. The molecule has 5 N–H and O–H groups in total. The van der Waals surface area contributed by atoms with Crippen LogP contribution >= 0.6 is 12.4 Å². The molecule has 0 amide bonds. The Kier molecular flexibility index (Phi) is 7.64. The van der Waals surface area contributed by atoms with E-state index >= 15 is 0 Å². The highest BCUT2D eigenvalue weighted by Gasteiger charge is 2.15. The molecule has 0 saturated carbocycles. The van der Waals surface area contributed by atoms with E-state index in [1.54, 1.807) is 0 Å². The van der Waals surface area contributed by atoms with Crippen LogP contribution < -0.4 is 16.0 Å². The topological polar surface area (TPSA) is 93.4 Å². The van der Waals surface area contributed by atoms with Gasteiger partial charge < -0.3 is 25.9 Å². The van der Waals surface area contributed by atoms with E-state index in [4.69, 9.17) is 9.97 Å². The van der Waals surface area contributed by atoms with Crippen molar-refractivity contribution in [2.75, 3.05) is 36.8 Å². The van der Waals surface area contributed by atoms with Crippen LogP contribution in [0, 0.1) is 0 Å². The zero-order valence-corrected chi connectivity index (χ0v) is 25.1. The molecule has 8 aromatic rings. The standard InChI is InChI=1S/C36H33N7.ClH/c1-5-15-27-23(11-1)31-33(40-27)25-13-3-7-17-29(25)42-35(31)38-21-9-19-37-20-10-22-39-36-32-24-12-2-6-16-28(24)41-34(32)26-14-4-8-18-30(26)43-36;/h1-8,11-18,37,40-41H,9-10,19-22H2,(H,38,42)(H,39,43);1H. The van der Waals surface area contributed by atoms with Gasteiger partial charge in [0.2, 0.25) is 0 Å². The summed E-state index contributed by atoms with van der Waals surface area (Å²) in [5.41, 5.74) is 6.56. The summed E-state index contributed by atoms with van der Waals surface area (Å²) in [4.78, 5) is 17.2. The number of halogens is 1. The Morgan fingerprint density at radius 3 is 1.36 bits per heavy atom. The van der Waals surface area contributed by atoms with Crippen molar-refractivity contribution in [3.05, 3.63) is 97.1 Å². The van der Waals surface area contributed by atoms with Gasteiger partial charge in [-0.25, -0.2) is 9.97 Å². The van der Waals surface area contributed by atoms with E-state index in [9.17, 15) is 0 Å². The maximum Gasteiger partial charge on any atom is 0.136 e. The van der Waals surface area contributed by atoms with Crippen LogP contribution in [-0.2, 0) is 0 Å². The van der Waals surface area contributed by atoms with Crippen molar-refractivity contribution < 1.29 is 0 Å². The van der Waals surface area contributed by atoms with Crippen LogP contribution in [0.5, 0.6) is 0 Å². The maximum absolute atomic E-state index is 5.00. The maximum atomic E-state index is 5.00. The molecule has 7 nitrogen and oxygen atoms in total. The molecule has 0 atom stereocenters. The van der Waals surface area contributed by atoms with Crippen molar-refractivity contribution in [3.63, 3.8) is 0 Å². The second kappa shape index (κ2) is 12.0. The zero-order valence-electron chi connectivity index (χ0n) is 24.3. The van der Waals surface area contributed by atoms with Gasteiger partial charge >= 0.3 is 0 Å². The van der Waals surface area contributed by atoms with E-state index < -0.39 is 0 Å². The normalized spacial score (nSPS) is 11.6. The Morgan fingerprint density at radius 1 is 0.477 bits per heavy atom. The Labute approximate surface area is 260 Å². The van der Waals surface area contributed by atoms with Gasteiger partial charge in [0, 0.05) is 45.7 Å². The predicted octanol–water partition coefficient (Wildman–Crippen LogP) is 8.37. The minimum Gasteiger partial charge on any atom is -0.369 e. The third-order valence-electron chi connectivity index (χ3n) is 8.34. The molecule has 0 aliphatic rings. The van der Waals surface area contributed by atoms with Crippen LogP contribution in [0.1, 0.15) is 12.8 Å². The highest BCUT2D eigenvalue weighted by molar-refractivity contribution is 6.21. The second-order valence-electron chi connectivity index (χ2n) is 11.1. The molecule has 0 aliphatic heterocycles. The number of hydrogen-bond donors (Lipinski definition) is 5. The molecule has 0 unspecified atom stereocenters. The van der Waals surface area contributed by atoms with Gasteiger partial charge in [0.1, 0.15) is 11.6 Å². The first kappa shape index (κ1) is 28.0. The monoisotopic (exact) mass is 599 g/mol. The number of H-pyrrole nitrogens is 2. The average Bonchev–Trinajstić information content (AvgIpc) is 3.64. The van der Waals surface area contributed by atoms with Gasteiger partial charge in [-0.2, -0.15) is 0 Å². The molecule has 0 spiro atoms. The van der Waals surface area contributed by atoms with Crippen molar-refractivity contribution in [2.24, 2.45) is 0 Å². The van der Waals surface area contributed by atoms with Crippen LogP contribution in [0.25, 0.3) is 65.4 Å². The van der Waals surface area contributed by atoms with Crippen molar-refractivity contribution in [1.82, 2.24) is 25.3 Å². The highest BCUT2D eigenvalue weighted by Crippen LogP contribution is 2.36. The van der Waals surface area contributed by atoms with Crippen molar-refractivity contribution in [3.8, 4) is 0 Å².